The Morgan fingerprint density at radius 1 is 1.42 bits per heavy atom. The van der Waals surface area contributed by atoms with Crippen LogP contribution < -0.4 is 0 Å². The van der Waals surface area contributed by atoms with Gasteiger partial charge in [0, 0.05) is 11.2 Å². The lowest BCUT2D eigenvalue weighted by Crippen LogP contribution is -2.15. The lowest BCUT2D eigenvalue weighted by Gasteiger charge is -2.14. The van der Waals surface area contributed by atoms with Gasteiger partial charge in [-0.3, -0.25) is 4.79 Å². The fourth-order valence-electron chi connectivity index (χ4n) is 0.599. The molecule has 0 saturated heterocycles. The van der Waals surface area contributed by atoms with Crippen LogP contribution in [0.1, 0.15) is 47.0 Å². The number of rotatable bonds is 4. The third kappa shape index (κ3) is 5.64. The SMILES string of the molecule is CCCC[CH]SC(=O)C(C)(C)C. The highest BCUT2D eigenvalue weighted by molar-refractivity contribution is 8.15. The molecular weight excluding hydrogens is 168 g/mol. The van der Waals surface area contributed by atoms with E-state index in [2.05, 4.69) is 6.92 Å². The quantitative estimate of drug-likeness (QED) is 0.625. The van der Waals surface area contributed by atoms with Crippen LogP contribution in [0.15, 0.2) is 0 Å². The Morgan fingerprint density at radius 2 is 2.00 bits per heavy atom. The summed E-state index contributed by atoms with van der Waals surface area (Å²) in [5.74, 6) is 2.02. The molecule has 0 bridgehead atoms. The smallest absolute Gasteiger partial charge is 0.194 e. The molecular formula is C10H19OS. The molecule has 1 radical (unpaired) electrons. The molecule has 0 N–H and O–H groups in total. The Morgan fingerprint density at radius 3 is 2.42 bits per heavy atom. The molecule has 71 valence electrons. The van der Waals surface area contributed by atoms with Crippen molar-refractivity contribution in [3.8, 4) is 0 Å². The fraction of sp³-hybridized carbons (Fsp3) is 0.800. The van der Waals surface area contributed by atoms with Crippen LogP contribution in [0.4, 0.5) is 0 Å². The summed E-state index contributed by atoms with van der Waals surface area (Å²) in [6.07, 6.45) is 3.42. The van der Waals surface area contributed by atoms with Crippen molar-refractivity contribution >= 4 is 16.9 Å². The van der Waals surface area contributed by atoms with Crippen molar-refractivity contribution in [2.45, 2.75) is 47.0 Å². The van der Waals surface area contributed by atoms with E-state index >= 15 is 0 Å². The van der Waals surface area contributed by atoms with Gasteiger partial charge in [0.05, 0.1) is 0 Å². The van der Waals surface area contributed by atoms with Gasteiger partial charge in [0.1, 0.15) is 0 Å². The summed E-state index contributed by atoms with van der Waals surface area (Å²) < 4.78 is 0. The van der Waals surface area contributed by atoms with Crippen LogP contribution in [0.5, 0.6) is 0 Å². The van der Waals surface area contributed by atoms with Gasteiger partial charge in [0.25, 0.3) is 0 Å². The predicted molar refractivity (Wildman–Crippen MR) is 55.9 cm³/mol. The van der Waals surface area contributed by atoms with Crippen LogP contribution in [-0.2, 0) is 4.79 Å². The van der Waals surface area contributed by atoms with Crippen molar-refractivity contribution in [2.24, 2.45) is 5.41 Å². The van der Waals surface area contributed by atoms with E-state index in [4.69, 9.17) is 0 Å². The number of carbonyl (C=O) groups is 1. The maximum atomic E-state index is 11.4. The zero-order chi connectivity index (χ0) is 9.61. The van der Waals surface area contributed by atoms with E-state index < -0.39 is 0 Å². The Hall–Kier alpha value is 0.0200. The Kier molecular flexibility index (Phi) is 5.64. The highest BCUT2D eigenvalue weighted by atomic mass is 32.2. The molecule has 0 heterocycles. The summed E-state index contributed by atoms with van der Waals surface area (Å²) >= 11 is 1.36. The molecule has 0 aliphatic heterocycles. The molecule has 0 spiro atoms. The van der Waals surface area contributed by atoms with E-state index in [0.717, 1.165) is 6.42 Å². The first-order valence-electron chi connectivity index (χ1n) is 4.51. The summed E-state index contributed by atoms with van der Waals surface area (Å²) in [5, 5.41) is 0.263. The van der Waals surface area contributed by atoms with E-state index in [1.54, 1.807) is 0 Å². The summed E-state index contributed by atoms with van der Waals surface area (Å²) in [4.78, 5) is 11.4. The molecule has 0 aliphatic rings. The molecule has 1 nitrogen and oxygen atoms in total. The van der Waals surface area contributed by atoms with Gasteiger partial charge in [-0.2, -0.15) is 0 Å². The summed E-state index contributed by atoms with van der Waals surface area (Å²) in [5.41, 5.74) is -0.201. The van der Waals surface area contributed by atoms with E-state index in [0.29, 0.717) is 0 Å². The molecule has 0 aromatic rings. The molecule has 0 unspecified atom stereocenters. The molecule has 0 aromatic heterocycles. The Labute approximate surface area is 80.3 Å². The maximum absolute atomic E-state index is 11.4. The Bertz CT molecular complexity index is 135. The number of thioether (sulfide) groups is 1. The molecule has 0 amide bonds. The minimum absolute atomic E-state index is 0.201. The second-order valence-electron chi connectivity index (χ2n) is 3.96. The topological polar surface area (TPSA) is 17.1 Å². The largest absolute Gasteiger partial charge is 0.287 e. The van der Waals surface area contributed by atoms with E-state index in [1.807, 2.05) is 26.5 Å². The molecule has 0 atom stereocenters. The van der Waals surface area contributed by atoms with Gasteiger partial charge in [-0.15, -0.1) is 0 Å². The predicted octanol–water partition coefficient (Wildman–Crippen LogP) is 3.64. The van der Waals surface area contributed by atoms with Gasteiger partial charge < -0.3 is 0 Å². The van der Waals surface area contributed by atoms with Gasteiger partial charge >= 0.3 is 0 Å². The van der Waals surface area contributed by atoms with Crippen molar-refractivity contribution < 1.29 is 4.79 Å². The first kappa shape index (κ1) is 12.0. The second kappa shape index (κ2) is 5.63. The van der Waals surface area contributed by atoms with Crippen LogP contribution in [0.25, 0.3) is 0 Å². The monoisotopic (exact) mass is 187 g/mol. The summed E-state index contributed by atoms with van der Waals surface area (Å²) in [6, 6.07) is 0. The molecule has 2 heteroatoms. The van der Waals surface area contributed by atoms with Gasteiger partial charge in [-0.25, -0.2) is 0 Å². The lowest BCUT2D eigenvalue weighted by molar-refractivity contribution is -0.117. The third-order valence-corrected chi connectivity index (χ3v) is 2.71. The van der Waals surface area contributed by atoms with Crippen molar-refractivity contribution in [3.63, 3.8) is 0 Å². The van der Waals surface area contributed by atoms with Crippen LogP contribution in [0.3, 0.4) is 0 Å². The molecule has 12 heavy (non-hydrogen) atoms. The van der Waals surface area contributed by atoms with Crippen LogP contribution in [0.2, 0.25) is 0 Å². The maximum Gasteiger partial charge on any atom is 0.194 e. The van der Waals surface area contributed by atoms with Gasteiger partial charge in [-0.1, -0.05) is 52.3 Å². The van der Waals surface area contributed by atoms with Crippen molar-refractivity contribution in [2.75, 3.05) is 0 Å². The highest BCUT2D eigenvalue weighted by Crippen LogP contribution is 2.25. The van der Waals surface area contributed by atoms with E-state index in [-0.39, 0.29) is 10.5 Å². The minimum Gasteiger partial charge on any atom is -0.287 e. The lowest BCUT2D eigenvalue weighted by atomic mass is 10.00. The summed E-state index contributed by atoms with van der Waals surface area (Å²) in [7, 11) is 0. The van der Waals surface area contributed by atoms with Crippen LogP contribution in [0, 0.1) is 11.2 Å². The highest BCUT2D eigenvalue weighted by Gasteiger charge is 2.20. The Balaban J connectivity index is 3.45. The van der Waals surface area contributed by atoms with Crippen LogP contribution in [-0.4, -0.2) is 5.12 Å². The number of hydrogen-bond acceptors (Lipinski definition) is 2. The average Bonchev–Trinajstić information content (AvgIpc) is 1.96. The number of hydrogen-bond donors (Lipinski definition) is 0. The van der Waals surface area contributed by atoms with Gasteiger partial charge in [-0.05, 0) is 6.42 Å². The fourth-order valence-corrected chi connectivity index (χ4v) is 1.39. The van der Waals surface area contributed by atoms with E-state index in [9.17, 15) is 4.79 Å². The van der Waals surface area contributed by atoms with Gasteiger partial charge in [0.15, 0.2) is 5.12 Å². The van der Waals surface area contributed by atoms with Crippen LogP contribution >= 0.6 is 11.8 Å². The summed E-state index contributed by atoms with van der Waals surface area (Å²) in [6.45, 7) is 8.02. The normalized spacial score (nSPS) is 11.7. The van der Waals surface area contributed by atoms with Crippen molar-refractivity contribution in [1.29, 1.82) is 0 Å². The molecule has 0 aliphatic carbocycles. The zero-order valence-electron chi connectivity index (χ0n) is 8.52. The van der Waals surface area contributed by atoms with Crippen molar-refractivity contribution in [3.05, 3.63) is 5.75 Å². The first-order chi connectivity index (χ1) is 5.48. The molecule has 0 rings (SSSR count). The second-order valence-corrected chi connectivity index (χ2v) is 4.90. The standard InChI is InChI=1S/C10H19OS/c1-5-6-7-8-12-9(11)10(2,3)4/h8H,5-7H2,1-4H3. The number of unbranched alkanes of at least 4 members (excludes halogenated alkanes) is 2. The van der Waals surface area contributed by atoms with E-state index in [1.165, 1.54) is 24.6 Å². The van der Waals surface area contributed by atoms with Crippen molar-refractivity contribution in [1.82, 2.24) is 0 Å². The number of carbonyl (C=O) groups excluding carboxylic acids is 1. The molecule has 0 fully saturated rings. The first-order valence-corrected chi connectivity index (χ1v) is 5.39. The third-order valence-electron chi connectivity index (χ3n) is 1.48. The zero-order valence-corrected chi connectivity index (χ0v) is 9.33. The molecule has 0 aromatic carbocycles. The molecule has 0 saturated carbocycles. The van der Waals surface area contributed by atoms with Gasteiger partial charge in [0.2, 0.25) is 0 Å². The average molecular weight is 187 g/mol. The minimum atomic E-state index is -0.201.